The number of nitrogens with zero attached hydrogens (tertiary/aromatic N) is 1. The van der Waals surface area contributed by atoms with Crippen LogP contribution in [-0.2, 0) is 0 Å². The van der Waals surface area contributed by atoms with Crippen molar-refractivity contribution in [1.29, 1.82) is 0 Å². The number of hydrogen-bond acceptors (Lipinski definition) is 4. The molecule has 72 valence electrons. The first-order valence-corrected chi connectivity index (χ1v) is 3.75. The Hall–Kier alpha value is -0.850. The summed E-state index contributed by atoms with van der Waals surface area (Å²) in [4.78, 5) is 14.1. The monoisotopic (exact) mass is 268 g/mol. The highest BCUT2D eigenvalue weighted by Crippen LogP contribution is 2.28. The fourth-order valence-corrected chi connectivity index (χ4v) is 1.08. The molecule has 0 fully saturated rings. The van der Waals surface area contributed by atoms with Crippen LogP contribution in [0, 0.1) is 10.1 Å². The molecule has 1 aromatic rings. The molecule has 0 aliphatic carbocycles. The highest BCUT2D eigenvalue weighted by molar-refractivity contribution is 9.10. The maximum absolute atomic E-state index is 10.4. The van der Waals surface area contributed by atoms with Gasteiger partial charge >= 0.3 is 5.69 Å². The maximum atomic E-state index is 10.4. The fraction of sp³-hybridized carbons (Fsp3) is 0. The molecular weight excluding hydrogens is 263 g/mol. The van der Waals surface area contributed by atoms with Gasteiger partial charge in [0.05, 0.1) is 4.92 Å². The number of nitro groups is 1. The van der Waals surface area contributed by atoms with E-state index in [9.17, 15) is 10.1 Å². The van der Waals surface area contributed by atoms with Crippen molar-refractivity contribution in [2.45, 2.75) is 0 Å². The Bertz CT molecular complexity index is 321. The van der Waals surface area contributed by atoms with Crippen molar-refractivity contribution in [3.05, 3.63) is 32.8 Å². The Morgan fingerprint density at radius 1 is 1.54 bits per heavy atom. The van der Waals surface area contributed by atoms with Crippen molar-refractivity contribution in [2.75, 3.05) is 0 Å². The molecule has 0 saturated carbocycles. The van der Waals surface area contributed by atoms with Crippen LogP contribution in [0.2, 0.25) is 0 Å². The molecule has 0 radical (unpaired) electrons. The average Bonchev–Trinajstić information content (AvgIpc) is 2.04. The zero-order chi connectivity index (χ0) is 9.14. The molecule has 0 unspecified atom stereocenters. The van der Waals surface area contributed by atoms with E-state index in [1.807, 2.05) is 0 Å². The molecule has 2 N–H and O–H groups in total. The van der Waals surface area contributed by atoms with Crippen LogP contribution in [0.3, 0.4) is 0 Å². The molecule has 0 aliphatic heterocycles. The summed E-state index contributed by atoms with van der Waals surface area (Å²) in [6.07, 6.45) is 0. The second-order valence-corrected chi connectivity index (χ2v) is 2.90. The Balaban J connectivity index is 0.00000144. The number of halogens is 2. The van der Waals surface area contributed by atoms with Crippen molar-refractivity contribution in [3.63, 3.8) is 0 Å². The van der Waals surface area contributed by atoms with Gasteiger partial charge < -0.3 is 4.84 Å². The van der Waals surface area contributed by atoms with Crippen LogP contribution in [0.4, 0.5) is 5.69 Å². The van der Waals surface area contributed by atoms with E-state index in [0.29, 0.717) is 4.47 Å². The summed E-state index contributed by atoms with van der Waals surface area (Å²) < 4.78 is 0.606. The number of nitro benzene ring substituents is 1. The summed E-state index contributed by atoms with van der Waals surface area (Å²) in [6, 6.07) is 4.35. The topological polar surface area (TPSA) is 78.4 Å². The zero-order valence-corrected chi connectivity index (χ0v) is 8.67. The standard InChI is InChI=1S/C6H5BrN2O3.ClH/c7-4-1-2-6(12-8)5(3-4)9(10)11;/h1-3H,8H2;1H. The molecule has 1 aromatic carbocycles. The minimum absolute atomic E-state index is 0. The lowest BCUT2D eigenvalue weighted by Gasteiger charge is -1.99. The van der Waals surface area contributed by atoms with E-state index in [1.54, 1.807) is 6.07 Å². The average molecular weight is 269 g/mol. The second-order valence-electron chi connectivity index (χ2n) is 1.99. The molecule has 13 heavy (non-hydrogen) atoms. The molecule has 1 rings (SSSR count). The Kier molecular flexibility index (Phi) is 4.68. The lowest BCUT2D eigenvalue weighted by Crippen LogP contribution is -2.04. The third kappa shape index (κ3) is 2.83. The van der Waals surface area contributed by atoms with Crippen LogP contribution in [-0.4, -0.2) is 4.92 Å². The minimum atomic E-state index is -0.563. The van der Waals surface area contributed by atoms with E-state index in [0.717, 1.165) is 0 Å². The predicted molar refractivity (Wildman–Crippen MR) is 52.9 cm³/mol. The van der Waals surface area contributed by atoms with Crippen LogP contribution in [0.15, 0.2) is 22.7 Å². The van der Waals surface area contributed by atoms with Crippen molar-refractivity contribution < 1.29 is 9.76 Å². The van der Waals surface area contributed by atoms with Gasteiger partial charge in [-0.1, -0.05) is 15.9 Å². The molecular formula is C6H6BrClN2O3. The molecule has 0 heterocycles. The third-order valence-electron chi connectivity index (χ3n) is 1.24. The van der Waals surface area contributed by atoms with Gasteiger partial charge in [-0.05, 0) is 12.1 Å². The summed E-state index contributed by atoms with van der Waals surface area (Å²) in [5, 5.41) is 10.4. The predicted octanol–water partition coefficient (Wildman–Crippen LogP) is 2.03. The van der Waals surface area contributed by atoms with Crippen molar-refractivity contribution in [2.24, 2.45) is 5.90 Å². The second kappa shape index (κ2) is 5.00. The SMILES string of the molecule is Cl.NOc1ccc(Br)cc1[N+](=O)[O-]. The molecule has 0 aromatic heterocycles. The summed E-state index contributed by atoms with van der Waals surface area (Å²) in [6.45, 7) is 0. The van der Waals surface area contributed by atoms with E-state index in [1.165, 1.54) is 12.1 Å². The highest BCUT2D eigenvalue weighted by Gasteiger charge is 2.14. The Morgan fingerprint density at radius 3 is 2.62 bits per heavy atom. The smallest absolute Gasteiger partial charge is 0.314 e. The van der Waals surface area contributed by atoms with Gasteiger partial charge in [0, 0.05) is 10.5 Å². The van der Waals surface area contributed by atoms with E-state index in [2.05, 4.69) is 20.8 Å². The van der Waals surface area contributed by atoms with Crippen LogP contribution in [0.25, 0.3) is 0 Å². The van der Waals surface area contributed by atoms with E-state index < -0.39 is 4.92 Å². The van der Waals surface area contributed by atoms with Crippen LogP contribution < -0.4 is 10.7 Å². The molecule has 0 atom stereocenters. The summed E-state index contributed by atoms with van der Waals surface area (Å²) in [5.41, 5.74) is -0.160. The zero-order valence-electron chi connectivity index (χ0n) is 6.27. The van der Waals surface area contributed by atoms with Crippen LogP contribution in [0.1, 0.15) is 0 Å². The largest absolute Gasteiger partial charge is 0.404 e. The number of rotatable bonds is 2. The summed E-state index contributed by atoms with van der Waals surface area (Å²) >= 11 is 3.09. The Morgan fingerprint density at radius 2 is 2.15 bits per heavy atom. The van der Waals surface area contributed by atoms with Gasteiger partial charge in [-0.25, -0.2) is 0 Å². The van der Waals surface area contributed by atoms with Crippen molar-refractivity contribution in [1.82, 2.24) is 0 Å². The van der Waals surface area contributed by atoms with Gasteiger partial charge in [-0.2, -0.15) is 5.90 Å². The molecule has 0 saturated heterocycles. The van der Waals surface area contributed by atoms with Crippen molar-refractivity contribution >= 4 is 34.0 Å². The molecule has 5 nitrogen and oxygen atoms in total. The Labute approximate surface area is 88.5 Å². The van der Waals surface area contributed by atoms with Gasteiger partial charge in [0.25, 0.3) is 0 Å². The maximum Gasteiger partial charge on any atom is 0.314 e. The fourth-order valence-electron chi connectivity index (χ4n) is 0.733. The van der Waals surface area contributed by atoms with Crippen molar-refractivity contribution in [3.8, 4) is 5.75 Å². The number of hydrogen-bond donors (Lipinski definition) is 1. The van der Waals surface area contributed by atoms with Gasteiger partial charge in [-0.15, -0.1) is 12.4 Å². The number of nitrogens with two attached hydrogens (primary N) is 1. The van der Waals surface area contributed by atoms with Crippen LogP contribution >= 0.6 is 28.3 Å². The molecule has 0 amide bonds. The third-order valence-corrected chi connectivity index (χ3v) is 1.74. The van der Waals surface area contributed by atoms with Gasteiger partial charge in [0.2, 0.25) is 5.75 Å². The van der Waals surface area contributed by atoms with Gasteiger partial charge in [0.1, 0.15) is 0 Å². The lowest BCUT2D eigenvalue weighted by atomic mass is 10.3. The minimum Gasteiger partial charge on any atom is -0.404 e. The van der Waals surface area contributed by atoms with E-state index in [-0.39, 0.29) is 23.8 Å². The quantitative estimate of drug-likeness (QED) is 0.658. The van der Waals surface area contributed by atoms with Gasteiger partial charge in [-0.3, -0.25) is 10.1 Å². The summed E-state index contributed by atoms with van der Waals surface area (Å²) in [7, 11) is 0. The first kappa shape index (κ1) is 12.2. The molecule has 7 heteroatoms. The van der Waals surface area contributed by atoms with Crippen LogP contribution in [0.5, 0.6) is 5.75 Å². The first-order chi connectivity index (χ1) is 5.65. The summed E-state index contributed by atoms with van der Waals surface area (Å²) in [5.74, 6) is 4.86. The van der Waals surface area contributed by atoms with E-state index >= 15 is 0 Å². The normalized spacial score (nSPS) is 8.77. The molecule has 0 spiro atoms. The first-order valence-electron chi connectivity index (χ1n) is 2.96. The molecule has 0 bridgehead atoms. The molecule has 0 aliphatic rings. The lowest BCUT2D eigenvalue weighted by molar-refractivity contribution is -0.386. The number of benzene rings is 1. The van der Waals surface area contributed by atoms with Gasteiger partial charge in [0.15, 0.2) is 0 Å². The highest BCUT2D eigenvalue weighted by atomic mass is 79.9. The van der Waals surface area contributed by atoms with E-state index in [4.69, 9.17) is 5.90 Å².